The molecule has 1 aliphatic heterocycles. The maximum absolute atomic E-state index is 12.3. The quantitative estimate of drug-likeness (QED) is 0.489. The van der Waals surface area contributed by atoms with Crippen LogP contribution in [0.25, 0.3) is 5.57 Å². The minimum atomic E-state index is -0.322. The molecule has 0 spiro atoms. The summed E-state index contributed by atoms with van der Waals surface area (Å²) in [6, 6.07) is 10.9. The number of amides is 1. The number of anilines is 1. The molecular formula is C24H28ClN3O2. The van der Waals surface area contributed by atoms with Crippen LogP contribution in [0.1, 0.15) is 55.6 Å². The summed E-state index contributed by atoms with van der Waals surface area (Å²) in [7, 11) is 1.64. The third-order valence-electron chi connectivity index (χ3n) is 5.23. The third-order valence-corrected chi connectivity index (χ3v) is 5.47. The molecule has 6 heteroatoms. The lowest BCUT2D eigenvalue weighted by atomic mass is 9.87. The molecule has 1 heterocycles. The highest BCUT2D eigenvalue weighted by atomic mass is 35.5. The SMILES string of the molecule is CCCN1c2cc(OC)c(/C=N\NC(=O)c3cccc(Cl)c3)cc2C(C)=CC1(C)C. The predicted octanol–water partition coefficient (Wildman–Crippen LogP) is 5.52. The van der Waals surface area contributed by atoms with Crippen molar-refractivity contribution in [3.05, 3.63) is 64.2 Å². The molecule has 0 aliphatic carbocycles. The molecule has 1 amide bonds. The van der Waals surface area contributed by atoms with Gasteiger partial charge in [0.05, 0.1) is 18.9 Å². The van der Waals surface area contributed by atoms with Crippen LogP contribution in [0.3, 0.4) is 0 Å². The maximum Gasteiger partial charge on any atom is 0.271 e. The van der Waals surface area contributed by atoms with Crippen molar-refractivity contribution in [1.29, 1.82) is 0 Å². The largest absolute Gasteiger partial charge is 0.496 e. The van der Waals surface area contributed by atoms with E-state index in [2.05, 4.69) is 61.3 Å². The van der Waals surface area contributed by atoms with Crippen molar-refractivity contribution in [1.82, 2.24) is 5.43 Å². The van der Waals surface area contributed by atoms with Gasteiger partial charge in [-0.1, -0.05) is 30.7 Å². The number of rotatable bonds is 6. The standard InChI is InChI=1S/C24H28ClN3O2/c1-6-10-28-21-13-22(30-5)18(12-20(21)16(2)14-24(28,3)4)15-26-27-23(29)17-8-7-9-19(25)11-17/h7-9,11-15H,6,10H2,1-5H3,(H,27,29)/b26-15-. The van der Waals surface area contributed by atoms with Crippen molar-refractivity contribution in [3.63, 3.8) is 0 Å². The van der Waals surface area contributed by atoms with Crippen molar-refractivity contribution < 1.29 is 9.53 Å². The molecule has 0 atom stereocenters. The summed E-state index contributed by atoms with van der Waals surface area (Å²) in [4.78, 5) is 14.7. The van der Waals surface area contributed by atoms with E-state index in [0.717, 1.165) is 29.8 Å². The molecule has 3 rings (SSSR count). The topological polar surface area (TPSA) is 53.9 Å². The van der Waals surface area contributed by atoms with E-state index < -0.39 is 0 Å². The van der Waals surface area contributed by atoms with Crippen molar-refractivity contribution in [2.45, 2.75) is 39.7 Å². The number of hydrogen-bond acceptors (Lipinski definition) is 4. The molecule has 1 aliphatic rings. The first-order valence-corrected chi connectivity index (χ1v) is 10.4. The van der Waals surface area contributed by atoms with E-state index in [-0.39, 0.29) is 11.4 Å². The van der Waals surface area contributed by atoms with E-state index in [1.54, 1.807) is 37.6 Å². The van der Waals surface area contributed by atoms with Gasteiger partial charge in [0, 0.05) is 40.0 Å². The van der Waals surface area contributed by atoms with Crippen LogP contribution in [0, 0.1) is 0 Å². The lowest BCUT2D eigenvalue weighted by molar-refractivity contribution is 0.0955. The molecule has 0 aromatic heterocycles. The van der Waals surface area contributed by atoms with E-state index in [0.29, 0.717) is 16.3 Å². The molecule has 0 saturated heterocycles. The Morgan fingerprint density at radius 1 is 1.30 bits per heavy atom. The number of hydrazone groups is 1. The fourth-order valence-electron chi connectivity index (χ4n) is 3.89. The van der Waals surface area contributed by atoms with Gasteiger partial charge in [0.2, 0.25) is 0 Å². The Bertz CT molecular complexity index is 1010. The van der Waals surface area contributed by atoms with Gasteiger partial charge < -0.3 is 9.64 Å². The Hall–Kier alpha value is -2.79. The van der Waals surface area contributed by atoms with Crippen molar-refractivity contribution in [2.24, 2.45) is 5.10 Å². The van der Waals surface area contributed by atoms with Crippen LogP contribution in [-0.4, -0.2) is 31.3 Å². The van der Waals surface area contributed by atoms with Gasteiger partial charge in [-0.25, -0.2) is 5.43 Å². The van der Waals surface area contributed by atoms with Crippen LogP contribution in [0.15, 0.2) is 47.6 Å². The summed E-state index contributed by atoms with van der Waals surface area (Å²) in [6.45, 7) is 9.71. The van der Waals surface area contributed by atoms with Gasteiger partial charge in [-0.2, -0.15) is 5.10 Å². The number of benzene rings is 2. The van der Waals surface area contributed by atoms with Crippen LogP contribution in [0.4, 0.5) is 5.69 Å². The van der Waals surface area contributed by atoms with Crippen LogP contribution >= 0.6 is 11.6 Å². The van der Waals surface area contributed by atoms with E-state index in [4.69, 9.17) is 16.3 Å². The molecule has 0 fully saturated rings. The van der Waals surface area contributed by atoms with Gasteiger partial charge in [-0.15, -0.1) is 0 Å². The number of ether oxygens (including phenoxy) is 1. The molecule has 0 unspecified atom stereocenters. The van der Waals surface area contributed by atoms with E-state index in [1.807, 2.05) is 0 Å². The second kappa shape index (κ2) is 8.92. The van der Waals surface area contributed by atoms with E-state index in [9.17, 15) is 4.79 Å². The molecule has 2 aromatic rings. The summed E-state index contributed by atoms with van der Waals surface area (Å²) in [6.07, 6.45) is 4.95. The van der Waals surface area contributed by atoms with Gasteiger partial charge in [-0.3, -0.25) is 4.79 Å². The first kappa shape index (κ1) is 21.9. The van der Waals surface area contributed by atoms with Crippen LogP contribution in [0.5, 0.6) is 5.75 Å². The monoisotopic (exact) mass is 425 g/mol. The number of allylic oxidation sites excluding steroid dienone is 1. The molecule has 0 radical (unpaired) electrons. The van der Waals surface area contributed by atoms with Crippen LogP contribution in [0.2, 0.25) is 5.02 Å². The van der Waals surface area contributed by atoms with Crippen molar-refractivity contribution in [2.75, 3.05) is 18.6 Å². The summed E-state index contributed by atoms with van der Waals surface area (Å²) in [5.41, 5.74) is 7.24. The maximum atomic E-state index is 12.3. The number of methoxy groups -OCH3 is 1. The fourth-order valence-corrected chi connectivity index (χ4v) is 4.08. The normalized spacial score (nSPS) is 15.0. The van der Waals surface area contributed by atoms with E-state index in [1.165, 1.54) is 5.57 Å². The molecule has 1 N–H and O–H groups in total. The van der Waals surface area contributed by atoms with Gasteiger partial charge in [0.1, 0.15) is 5.75 Å². The zero-order valence-corrected chi connectivity index (χ0v) is 18.9. The first-order chi connectivity index (χ1) is 14.3. The molecule has 30 heavy (non-hydrogen) atoms. The summed E-state index contributed by atoms with van der Waals surface area (Å²) in [5.74, 6) is 0.388. The number of carbonyl (C=O) groups is 1. The third kappa shape index (κ3) is 4.51. The number of nitrogens with one attached hydrogen (secondary N) is 1. The van der Waals surface area contributed by atoms with Gasteiger partial charge in [0.15, 0.2) is 0 Å². The van der Waals surface area contributed by atoms with Crippen LogP contribution in [-0.2, 0) is 0 Å². The number of carbonyl (C=O) groups excluding carboxylic acids is 1. The summed E-state index contributed by atoms with van der Waals surface area (Å²) in [5, 5.41) is 4.64. The molecule has 158 valence electrons. The second-order valence-corrected chi connectivity index (χ2v) is 8.39. The minimum Gasteiger partial charge on any atom is -0.496 e. The highest BCUT2D eigenvalue weighted by molar-refractivity contribution is 6.30. The summed E-state index contributed by atoms with van der Waals surface area (Å²) >= 11 is 5.95. The molecule has 0 bridgehead atoms. The zero-order valence-electron chi connectivity index (χ0n) is 18.1. The van der Waals surface area contributed by atoms with Gasteiger partial charge >= 0.3 is 0 Å². The van der Waals surface area contributed by atoms with E-state index >= 15 is 0 Å². The Labute approximate surface area is 183 Å². The summed E-state index contributed by atoms with van der Waals surface area (Å²) < 4.78 is 5.63. The second-order valence-electron chi connectivity index (χ2n) is 7.95. The van der Waals surface area contributed by atoms with Gasteiger partial charge in [0.25, 0.3) is 5.91 Å². The lowest BCUT2D eigenvalue weighted by Gasteiger charge is -2.43. The first-order valence-electron chi connectivity index (χ1n) is 10.0. The Kier molecular flexibility index (Phi) is 6.52. The van der Waals surface area contributed by atoms with Crippen molar-refractivity contribution >= 4 is 35.0 Å². The average Bonchev–Trinajstić information content (AvgIpc) is 2.70. The van der Waals surface area contributed by atoms with Gasteiger partial charge in [-0.05, 0) is 57.0 Å². The number of hydrogen-bond donors (Lipinski definition) is 1. The smallest absolute Gasteiger partial charge is 0.271 e. The number of nitrogens with zero attached hydrogens (tertiary/aromatic N) is 2. The minimum absolute atomic E-state index is 0.0708. The Morgan fingerprint density at radius 3 is 2.73 bits per heavy atom. The number of fused-ring (bicyclic) bond motifs is 1. The Balaban J connectivity index is 1.90. The van der Waals surface area contributed by atoms with Crippen molar-refractivity contribution in [3.8, 4) is 5.75 Å². The number of halogens is 1. The highest BCUT2D eigenvalue weighted by Gasteiger charge is 2.31. The molecule has 0 saturated carbocycles. The molecule has 2 aromatic carbocycles. The molecular weight excluding hydrogens is 398 g/mol. The zero-order chi connectivity index (χ0) is 21.9. The Morgan fingerprint density at radius 2 is 2.07 bits per heavy atom. The lowest BCUT2D eigenvalue weighted by Crippen LogP contribution is -2.45. The van der Waals surface area contributed by atoms with Crippen LogP contribution < -0.4 is 15.1 Å². The average molecular weight is 426 g/mol. The molecule has 5 nitrogen and oxygen atoms in total. The fraction of sp³-hybridized carbons (Fsp3) is 0.333. The predicted molar refractivity (Wildman–Crippen MR) is 125 cm³/mol. The highest BCUT2D eigenvalue weighted by Crippen LogP contribution is 2.41.